The van der Waals surface area contributed by atoms with Gasteiger partial charge in [0.25, 0.3) is 5.91 Å². The standard InChI is InChI=1S/C19H22N6O4/c1-11-16-13(22-25-19(20)21)8-5-9-14(16)29-17(11)18(27)24-23-15(26)10-28-12-6-3-2-4-7-12/h2-4,6-7H,5,8-10H2,1H3,(H,23,26)(H,24,27)(H4,20,21,25)/b22-13+. The zero-order valence-corrected chi connectivity index (χ0v) is 15.9. The molecule has 1 aliphatic rings. The highest BCUT2D eigenvalue weighted by Crippen LogP contribution is 2.30. The average Bonchev–Trinajstić information content (AvgIpc) is 3.07. The second-order valence-electron chi connectivity index (χ2n) is 6.38. The molecular weight excluding hydrogens is 376 g/mol. The number of hydrogen-bond donors (Lipinski definition) is 4. The number of benzene rings is 1. The zero-order chi connectivity index (χ0) is 20.8. The Balaban J connectivity index is 1.64. The molecule has 1 aliphatic carbocycles. The molecule has 3 rings (SSSR count). The topological polar surface area (TPSA) is 157 Å². The quantitative estimate of drug-likeness (QED) is 0.330. The number of nitrogens with two attached hydrogens (primary N) is 2. The van der Waals surface area contributed by atoms with Crippen LogP contribution < -0.4 is 27.1 Å². The third kappa shape index (κ3) is 4.92. The van der Waals surface area contributed by atoms with Crippen LogP contribution >= 0.6 is 0 Å². The summed E-state index contributed by atoms with van der Waals surface area (Å²) in [5.74, 6) is 0.0541. The first kappa shape index (κ1) is 19.9. The van der Waals surface area contributed by atoms with Crippen molar-refractivity contribution in [2.75, 3.05) is 6.61 Å². The minimum absolute atomic E-state index is 0.0959. The van der Waals surface area contributed by atoms with Crippen molar-refractivity contribution in [2.24, 2.45) is 21.7 Å². The van der Waals surface area contributed by atoms with E-state index in [1.165, 1.54) is 0 Å². The SMILES string of the molecule is Cc1c(C(=O)NNC(=O)COc2ccccc2)oc2c1/C(=N/N=C(N)N)CCC2. The van der Waals surface area contributed by atoms with Gasteiger partial charge >= 0.3 is 5.91 Å². The molecule has 0 fully saturated rings. The smallest absolute Gasteiger partial charge is 0.305 e. The Hall–Kier alpha value is -3.82. The molecule has 29 heavy (non-hydrogen) atoms. The van der Waals surface area contributed by atoms with Gasteiger partial charge < -0.3 is 20.6 Å². The average molecular weight is 398 g/mol. The second kappa shape index (κ2) is 8.91. The van der Waals surface area contributed by atoms with Gasteiger partial charge in [-0.1, -0.05) is 18.2 Å². The van der Waals surface area contributed by atoms with Crippen LogP contribution in [0, 0.1) is 6.92 Å². The van der Waals surface area contributed by atoms with Crippen LogP contribution in [0.25, 0.3) is 0 Å². The minimum Gasteiger partial charge on any atom is -0.484 e. The lowest BCUT2D eigenvalue weighted by Crippen LogP contribution is -2.43. The Kier molecular flexibility index (Phi) is 6.12. The highest BCUT2D eigenvalue weighted by atomic mass is 16.5. The van der Waals surface area contributed by atoms with Crippen LogP contribution in [0.4, 0.5) is 0 Å². The van der Waals surface area contributed by atoms with Crippen LogP contribution in [0.2, 0.25) is 0 Å². The van der Waals surface area contributed by atoms with Gasteiger partial charge in [-0.15, -0.1) is 5.10 Å². The molecule has 1 aromatic heterocycles. The maximum absolute atomic E-state index is 12.5. The Labute approximate surface area is 167 Å². The van der Waals surface area contributed by atoms with Crippen LogP contribution in [0.3, 0.4) is 0 Å². The summed E-state index contributed by atoms with van der Waals surface area (Å²) in [6.07, 6.45) is 2.13. The predicted octanol–water partition coefficient (Wildman–Crippen LogP) is 0.742. The van der Waals surface area contributed by atoms with E-state index in [4.69, 9.17) is 20.6 Å². The molecule has 1 heterocycles. The lowest BCUT2D eigenvalue weighted by Gasteiger charge is -2.11. The molecule has 2 amide bonds. The number of fused-ring (bicyclic) bond motifs is 1. The third-order valence-corrected chi connectivity index (χ3v) is 4.25. The van der Waals surface area contributed by atoms with Crippen LogP contribution in [0.5, 0.6) is 5.75 Å². The molecule has 10 heteroatoms. The van der Waals surface area contributed by atoms with Crippen molar-refractivity contribution < 1.29 is 18.7 Å². The van der Waals surface area contributed by atoms with Crippen LogP contribution in [0.1, 0.15) is 40.3 Å². The van der Waals surface area contributed by atoms with E-state index < -0.39 is 11.8 Å². The van der Waals surface area contributed by atoms with Gasteiger partial charge in [-0.05, 0) is 31.9 Å². The lowest BCUT2D eigenvalue weighted by molar-refractivity contribution is -0.123. The van der Waals surface area contributed by atoms with Crippen LogP contribution in [-0.4, -0.2) is 30.1 Å². The summed E-state index contributed by atoms with van der Waals surface area (Å²) in [5, 5.41) is 7.76. The molecule has 0 aliphatic heterocycles. The number of rotatable bonds is 5. The highest BCUT2D eigenvalue weighted by molar-refractivity contribution is 6.06. The van der Waals surface area contributed by atoms with Crippen molar-refractivity contribution in [3.8, 4) is 5.75 Å². The highest BCUT2D eigenvalue weighted by Gasteiger charge is 2.28. The molecule has 0 spiro atoms. The van der Waals surface area contributed by atoms with Gasteiger partial charge in [-0.3, -0.25) is 20.4 Å². The summed E-state index contributed by atoms with van der Waals surface area (Å²) in [6, 6.07) is 8.88. The van der Waals surface area contributed by atoms with E-state index >= 15 is 0 Å². The van der Waals surface area contributed by atoms with E-state index in [-0.39, 0.29) is 18.3 Å². The number of para-hydroxylation sites is 1. The minimum atomic E-state index is -0.578. The van der Waals surface area contributed by atoms with Gasteiger partial charge in [0.1, 0.15) is 11.5 Å². The van der Waals surface area contributed by atoms with Crippen molar-refractivity contribution in [1.82, 2.24) is 10.9 Å². The maximum atomic E-state index is 12.5. The van der Waals surface area contributed by atoms with E-state index in [9.17, 15) is 9.59 Å². The molecule has 6 N–H and O–H groups in total. The molecule has 0 saturated heterocycles. The molecule has 2 aromatic rings. The monoisotopic (exact) mass is 398 g/mol. The Morgan fingerprint density at radius 2 is 1.93 bits per heavy atom. The number of aryl methyl sites for hydroxylation is 1. The maximum Gasteiger partial charge on any atom is 0.305 e. The largest absolute Gasteiger partial charge is 0.484 e. The number of carbonyl (C=O) groups is 2. The van der Waals surface area contributed by atoms with E-state index in [0.717, 1.165) is 12.0 Å². The fourth-order valence-electron chi connectivity index (χ4n) is 2.99. The van der Waals surface area contributed by atoms with Crippen LogP contribution in [-0.2, 0) is 11.2 Å². The van der Waals surface area contributed by atoms with E-state index in [1.54, 1.807) is 31.2 Å². The summed E-state index contributed by atoms with van der Waals surface area (Å²) >= 11 is 0. The molecule has 1 aromatic carbocycles. The fourth-order valence-corrected chi connectivity index (χ4v) is 2.99. The molecule has 0 unspecified atom stereocenters. The Morgan fingerprint density at radius 3 is 2.66 bits per heavy atom. The number of nitrogens with zero attached hydrogens (tertiary/aromatic N) is 2. The van der Waals surface area contributed by atoms with Gasteiger partial charge in [-0.2, -0.15) is 5.10 Å². The molecule has 0 radical (unpaired) electrons. The van der Waals surface area contributed by atoms with Crippen molar-refractivity contribution in [1.29, 1.82) is 0 Å². The third-order valence-electron chi connectivity index (χ3n) is 4.25. The molecular formula is C19H22N6O4. The number of nitrogens with one attached hydrogen (secondary N) is 2. The van der Waals surface area contributed by atoms with Gasteiger partial charge in [0.2, 0.25) is 5.96 Å². The Morgan fingerprint density at radius 1 is 1.17 bits per heavy atom. The van der Waals surface area contributed by atoms with Gasteiger partial charge in [0, 0.05) is 17.5 Å². The van der Waals surface area contributed by atoms with Crippen molar-refractivity contribution in [3.63, 3.8) is 0 Å². The molecule has 0 saturated carbocycles. The van der Waals surface area contributed by atoms with E-state index in [2.05, 4.69) is 21.1 Å². The fraction of sp³-hybridized carbons (Fsp3) is 0.263. The molecule has 0 bridgehead atoms. The zero-order valence-electron chi connectivity index (χ0n) is 15.9. The second-order valence-corrected chi connectivity index (χ2v) is 6.38. The Bertz CT molecular complexity index is 961. The summed E-state index contributed by atoms with van der Waals surface area (Å²) in [7, 11) is 0. The van der Waals surface area contributed by atoms with E-state index in [0.29, 0.717) is 35.6 Å². The number of hydrogen-bond acceptors (Lipinski definition) is 6. The molecule has 0 atom stereocenters. The molecule has 152 valence electrons. The van der Waals surface area contributed by atoms with E-state index in [1.807, 2.05) is 6.07 Å². The first-order valence-corrected chi connectivity index (χ1v) is 9.01. The summed E-state index contributed by atoms with van der Waals surface area (Å²) in [4.78, 5) is 24.4. The predicted molar refractivity (Wildman–Crippen MR) is 106 cm³/mol. The van der Waals surface area contributed by atoms with Crippen molar-refractivity contribution >= 4 is 23.5 Å². The van der Waals surface area contributed by atoms with Crippen molar-refractivity contribution in [3.05, 3.63) is 53.0 Å². The molecule has 10 nitrogen and oxygen atoms in total. The number of amides is 2. The first-order valence-electron chi connectivity index (χ1n) is 9.01. The number of furan rings is 1. The summed E-state index contributed by atoms with van der Waals surface area (Å²) in [6.45, 7) is 1.50. The van der Waals surface area contributed by atoms with Crippen LogP contribution in [0.15, 0.2) is 45.0 Å². The first-order chi connectivity index (χ1) is 14.0. The number of hydrazine groups is 1. The van der Waals surface area contributed by atoms with Gasteiger partial charge in [-0.25, -0.2) is 0 Å². The van der Waals surface area contributed by atoms with Crippen molar-refractivity contribution in [2.45, 2.75) is 26.2 Å². The number of carbonyl (C=O) groups excluding carboxylic acids is 2. The number of guanidine groups is 1. The lowest BCUT2D eigenvalue weighted by atomic mass is 9.93. The summed E-state index contributed by atoms with van der Waals surface area (Å²) < 4.78 is 11.0. The normalized spacial score (nSPS) is 14.0. The van der Waals surface area contributed by atoms with Gasteiger partial charge in [0.15, 0.2) is 12.4 Å². The summed E-state index contributed by atoms with van der Waals surface area (Å²) in [5.41, 5.74) is 17.3. The number of ether oxygens (including phenoxy) is 1. The van der Waals surface area contributed by atoms with Gasteiger partial charge in [0.05, 0.1) is 5.71 Å².